The molecule has 1 aliphatic rings. The Hall–Kier alpha value is -1.40. The van der Waals surface area contributed by atoms with Gasteiger partial charge >= 0.3 is 5.69 Å². The van der Waals surface area contributed by atoms with Crippen LogP contribution in [0.2, 0.25) is 0 Å². The molecule has 6 nitrogen and oxygen atoms in total. The molecule has 6 heteroatoms. The van der Waals surface area contributed by atoms with Crippen molar-refractivity contribution in [1.82, 2.24) is 14.0 Å². The Morgan fingerprint density at radius 3 is 2.84 bits per heavy atom. The Labute approximate surface area is 112 Å². The molecule has 0 amide bonds. The van der Waals surface area contributed by atoms with Crippen molar-refractivity contribution in [3.8, 4) is 0 Å². The molecule has 2 heterocycles. The molecule has 0 spiro atoms. The van der Waals surface area contributed by atoms with Crippen molar-refractivity contribution < 1.29 is 4.74 Å². The fraction of sp³-hybridized carbons (Fsp3) is 0.692. The highest BCUT2D eigenvalue weighted by Crippen LogP contribution is 2.09. The van der Waals surface area contributed by atoms with Gasteiger partial charge in [0.15, 0.2) is 0 Å². The van der Waals surface area contributed by atoms with Gasteiger partial charge in [0.25, 0.3) is 5.56 Å². The molecule has 1 saturated heterocycles. The van der Waals surface area contributed by atoms with Crippen molar-refractivity contribution >= 4 is 0 Å². The molecule has 19 heavy (non-hydrogen) atoms. The van der Waals surface area contributed by atoms with Gasteiger partial charge in [0, 0.05) is 38.4 Å². The number of hydrogen-bond acceptors (Lipinski definition) is 4. The number of nitrogens with zero attached hydrogens (tertiary/aromatic N) is 3. The third kappa shape index (κ3) is 3.13. The van der Waals surface area contributed by atoms with Crippen LogP contribution in [0.3, 0.4) is 0 Å². The zero-order valence-corrected chi connectivity index (χ0v) is 11.7. The molecule has 1 unspecified atom stereocenters. The van der Waals surface area contributed by atoms with Gasteiger partial charge in [-0.3, -0.25) is 14.3 Å². The van der Waals surface area contributed by atoms with E-state index in [4.69, 9.17) is 4.74 Å². The van der Waals surface area contributed by atoms with E-state index in [0.717, 1.165) is 13.1 Å². The normalized spacial score (nSPS) is 20.9. The van der Waals surface area contributed by atoms with Crippen molar-refractivity contribution in [2.24, 2.45) is 7.05 Å². The molecule has 1 fully saturated rings. The van der Waals surface area contributed by atoms with Gasteiger partial charge in [-0.25, -0.2) is 4.79 Å². The minimum atomic E-state index is -0.294. The van der Waals surface area contributed by atoms with E-state index in [2.05, 4.69) is 18.7 Å². The molecule has 0 N–H and O–H groups in total. The van der Waals surface area contributed by atoms with E-state index in [9.17, 15) is 9.59 Å². The van der Waals surface area contributed by atoms with Crippen molar-refractivity contribution in [3.05, 3.63) is 33.1 Å². The summed E-state index contributed by atoms with van der Waals surface area (Å²) in [7, 11) is 1.64. The number of hydrogen-bond donors (Lipinski definition) is 0. The van der Waals surface area contributed by atoms with E-state index in [1.54, 1.807) is 7.05 Å². The van der Waals surface area contributed by atoms with Gasteiger partial charge in [-0.1, -0.05) is 0 Å². The lowest BCUT2D eigenvalue weighted by Crippen LogP contribution is -2.50. The van der Waals surface area contributed by atoms with Crippen LogP contribution in [0.5, 0.6) is 0 Å². The van der Waals surface area contributed by atoms with E-state index in [-0.39, 0.29) is 17.4 Å². The van der Waals surface area contributed by atoms with Gasteiger partial charge in [0.05, 0.1) is 19.3 Å². The molecular weight excluding hydrogens is 246 g/mol. The van der Waals surface area contributed by atoms with Crippen LogP contribution >= 0.6 is 0 Å². The standard InChI is InChI=1S/C13H21N3O3/c1-10(2)15-6-7-19-11(8-15)9-16-12(17)4-5-14(3)13(16)18/h4-5,10-11H,6-9H2,1-3H3. The van der Waals surface area contributed by atoms with Gasteiger partial charge in [0.1, 0.15) is 0 Å². The first kappa shape index (κ1) is 14.0. The highest BCUT2D eigenvalue weighted by atomic mass is 16.5. The molecule has 0 aliphatic carbocycles. The minimum Gasteiger partial charge on any atom is -0.374 e. The second-order valence-electron chi connectivity index (χ2n) is 5.24. The highest BCUT2D eigenvalue weighted by molar-refractivity contribution is 4.87. The van der Waals surface area contributed by atoms with Crippen LogP contribution in [0.15, 0.2) is 21.9 Å². The van der Waals surface area contributed by atoms with Gasteiger partial charge < -0.3 is 9.30 Å². The second kappa shape index (κ2) is 5.71. The summed E-state index contributed by atoms with van der Waals surface area (Å²) < 4.78 is 8.31. The maximum Gasteiger partial charge on any atom is 0.330 e. The average molecular weight is 267 g/mol. The van der Waals surface area contributed by atoms with Crippen molar-refractivity contribution in [2.45, 2.75) is 32.5 Å². The Morgan fingerprint density at radius 2 is 2.16 bits per heavy atom. The summed E-state index contributed by atoms with van der Waals surface area (Å²) in [5.74, 6) is 0. The topological polar surface area (TPSA) is 56.5 Å². The molecule has 1 aromatic rings. The van der Waals surface area contributed by atoms with Crippen LogP contribution in [0.25, 0.3) is 0 Å². The summed E-state index contributed by atoms with van der Waals surface area (Å²) in [6.07, 6.45) is 1.38. The number of morpholine rings is 1. The molecular formula is C13H21N3O3. The van der Waals surface area contributed by atoms with Crippen LogP contribution in [0, 0.1) is 0 Å². The maximum absolute atomic E-state index is 11.9. The summed E-state index contributed by atoms with van der Waals surface area (Å²) >= 11 is 0. The summed E-state index contributed by atoms with van der Waals surface area (Å²) in [4.78, 5) is 26.0. The summed E-state index contributed by atoms with van der Waals surface area (Å²) in [5, 5.41) is 0. The second-order valence-corrected chi connectivity index (χ2v) is 5.24. The Morgan fingerprint density at radius 1 is 1.42 bits per heavy atom. The number of rotatable bonds is 3. The zero-order chi connectivity index (χ0) is 14.0. The predicted molar refractivity (Wildman–Crippen MR) is 72.4 cm³/mol. The molecule has 0 saturated carbocycles. The zero-order valence-electron chi connectivity index (χ0n) is 11.7. The fourth-order valence-electron chi connectivity index (χ4n) is 2.31. The summed E-state index contributed by atoms with van der Waals surface area (Å²) in [5.41, 5.74) is -0.564. The highest BCUT2D eigenvalue weighted by Gasteiger charge is 2.23. The monoisotopic (exact) mass is 267 g/mol. The van der Waals surface area contributed by atoms with Crippen LogP contribution in [0.4, 0.5) is 0 Å². The van der Waals surface area contributed by atoms with E-state index in [1.807, 2.05) is 0 Å². The third-order valence-electron chi connectivity index (χ3n) is 3.53. The van der Waals surface area contributed by atoms with Gasteiger partial charge in [-0.15, -0.1) is 0 Å². The quantitative estimate of drug-likeness (QED) is 0.751. The lowest BCUT2D eigenvalue weighted by Gasteiger charge is -2.35. The first-order valence-electron chi connectivity index (χ1n) is 6.61. The van der Waals surface area contributed by atoms with Crippen LogP contribution < -0.4 is 11.2 Å². The fourth-order valence-corrected chi connectivity index (χ4v) is 2.31. The predicted octanol–water partition coefficient (Wildman–Crippen LogP) is -0.344. The first-order valence-corrected chi connectivity index (χ1v) is 6.61. The molecule has 1 aromatic heterocycles. The van der Waals surface area contributed by atoms with Gasteiger partial charge in [-0.05, 0) is 13.8 Å². The molecule has 106 valence electrons. The van der Waals surface area contributed by atoms with Gasteiger partial charge in [0.2, 0.25) is 0 Å². The molecule has 0 aromatic carbocycles. The first-order chi connectivity index (χ1) is 8.99. The van der Waals surface area contributed by atoms with Crippen LogP contribution in [0.1, 0.15) is 13.8 Å². The number of ether oxygens (including phenoxy) is 1. The lowest BCUT2D eigenvalue weighted by molar-refractivity contribution is -0.0465. The SMILES string of the molecule is CC(C)N1CCOC(Cn2c(=O)ccn(C)c2=O)C1. The van der Waals surface area contributed by atoms with E-state index in [1.165, 1.54) is 21.4 Å². The third-order valence-corrected chi connectivity index (χ3v) is 3.53. The number of aromatic nitrogens is 2. The average Bonchev–Trinajstić information content (AvgIpc) is 2.39. The van der Waals surface area contributed by atoms with Crippen molar-refractivity contribution in [1.29, 1.82) is 0 Å². The molecule has 0 bridgehead atoms. The van der Waals surface area contributed by atoms with Crippen LogP contribution in [-0.4, -0.2) is 45.9 Å². The van der Waals surface area contributed by atoms with Crippen LogP contribution in [-0.2, 0) is 18.3 Å². The smallest absolute Gasteiger partial charge is 0.330 e. The van der Waals surface area contributed by atoms with E-state index >= 15 is 0 Å². The van der Waals surface area contributed by atoms with Crippen molar-refractivity contribution in [2.75, 3.05) is 19.7 Å². The maximum atomic E-state index is 11.9. The Kier molecular flexibility index (Phi) is 4.21. The molecule has 2 rings (SSSR count). The summed E-state index contributed by atoms with van der Waals surface area (Å²) in [6, 6.07) is 1.85. The lowest BCUT2D eigenvalue weighted by atomic mass is 10.2. The van der Waals surface area contributed by atoms with Gasteiger partial charge in [-0.2, -0.15) is 0 Å². The van der Waals surface area contributed by atoms with E-state index in [0.29, 0.717) is 19.2 Å². The van der Waals surface area contributed by atoms with Crippen molar-refractivity contribution in [3.63, 3.8) is 0 Å². The number of aryl methyl sites for hydroxylation is 1. The molecule has 1 aliphatic heterocycles. The molecule has 0 radical (unpaired) electrons. The summed E-state index contributed by atoms with van der Waals surface area (Å²) in [6.45, 7) is 6.88. The van der Waals surface area contributed by atoms with E-state index < -0.39 is 0 Å². The largest absolute Gasteiger partial charge is 0.374 e. The minimum absolute atomic E-state index is 0.107. The Bertz CT molecular complexity index is 547. The molecule has 1 atom stereocenters. The Balaban J connectivity index is 2.16.